The van der Waals surface area contributed by atoms with Gasteiger partial charge in [-0.1, -0.05) is 12.5 Å². The first-order chi connectivity index (χ1) is 8.86. The maximum Gasteiger partial charge on any atom is 0.110 e. The van der Waals surface area contributed by atoms with Crippen LogP contribution in [0.1, 0.15) is 30.9 Å². The van der Waals surface area contributed by atoms with Crippen LogP contribution in [0.3, 0.4) is 0 Å². The molecule has 3 rings (SSSR count). The molecule has 0 amide bonds. The van der Waals surface area contributed by atoms with Crippen molar-refractivity contribution in [2.45, 2.75) is 25.3 Å². The zero-order chi connectivity index (χ0) is 12.4. The Hall–Kier alpha value is 0.130. The Morgan fingerprint density at radius 1 is 1.25 bits per heavy atom. The zero-order valence-corrected chi connectivity index (χ0v) is 14.6. The Kier molecular flexibility index (Phi) is 7.77. The Morgan fingerprint density at radius 3 is 2.50 bits per heavy atom. The standard InChI is InChI=1S/C14H20BrN3.2ClH/c15-14-12(5-2-6-17-14)13(11-3-1-4-11)18-9-7-16-8-10-18;;/h2,5-6,11,13,16H,1,3-4,7-10H2;2*1H/t13-;;/m1../s1. The third kappa shape index (κ3) is 3.86. The lowest BCUT2D eigenvalue weighted by atomic mass is 9.76. The van der Waals surface area contributed by atoms with Crippen molar-refractivity contribution in [3.05, 3.63) is 28.5 Å². The van der Waals surface area contributed by atoms with Crippen LogP contribution >= 0.6 is 40.7 Å². The third-order valence-corrected chi connectivity index (χ3v) is 4.91. The summed E-state index contributed by atoms with van der Waals surface area (Å²) in [7, 11) is 0. The predicted molar refractivity (Wildman–Crippen MR) is 91.0 cm³/mol. The summed E-state index contributed by atoms with van der Waals surface area (Å²) in [5.41, 5.74) is 1.38. The molecule has 1 aliphatic carbocycles. The number of pyridine rings is 1. The molecular weight excluding hydrogens is 361 g/mol. The smallest absolute Gasteiger partial charge is 0.110 e. The maximum atomic E-state index is 4.41. The Balaban J connectivity index is 0.000001000. The first kappa shape index (κ1) is 18.2. The van der Waals surface area contributed by atoms with Gasteiger partial charge in [-0.15, -0.1) is 24.8 Å². The number of rotatable bonds is 3. The fourth-order valence-electron chi connectivity index (χ4n) is 3.08. The van der Waals surface area contributed by atoms with Crippen LogP contribution in [0.25, 0.3) is 0 Å². The fraction of sp³-hybridized carbons (Fsp3) is 0.643. The van der Waals surface area contributed by atoms with Crippen molar-refractivity contribution < 1.29 is 0 Å². The van der Waals surface area contributed by atoms with E-state index in [-0.39, 0.29) is 24.8 Å². The molecule has 1 saturated heterocycles. The normalized spacial score (nSPS) is 21.2. The quantitative estimate of drug-likeness (QED) is 0.811. The van der Waals surface area contributed by atoms with Crippen LogP contribution in [0.2, 0.25) is 0 Å². The number of nitrogens with one attached hydrogen (secondary N) is 1. The largest absolute Gasteiger partial charge is 0.314 e. The number of piperazine rings is 1. The SMILES string of the molecule is Brc1ncccc1[C@@H](C1CCC1)N1CCNCC1.Cl.Cl. The minimum atomic E-state index is 0. The molecule has 2 fully saturated rings. The molecule has 20 heavy (non-hydrogen) atoms. The number of nitrogens with zero attached hydrogens (tertiary/aromatic N) is 2. The van der Waals surface area contributed by atoms with Crippen molar-refractivity contribution in [1.29, 1.82) is 0 Å². The maximum absolute atomic E-state index is 4.41. The summed E-state index contributed by atoms with van der Waals surface area (Å²) >= 11 is 3.63. The van der Waals surface area contributed by atoms with Gasteiger partial charge in [-0.3, -0.25) is 4.90 Å². The summed E-state index contributed by atoms with van der Waals surface area (Å²) in [4.78, 5) is 7.05. The molecule has 2 heterocycles. The van der Waals surface area contributed by atoms with E-state index in [0.717, 1.165) is 36.7 Å². The van der Waals surface area contributed by atoms with Gasteiger partial charge >= 0.3 is 0 Å². The highest BCUT2D eigenvalue weighted by Crippen LogP contribution is 2.42. The third-order valence-electron chi connectivity index (χ3n) is 4.25. The number of hydrogen-bond acceptors (Lipinski definition) is 3. The molecule has 114 valence electrons. The van der Waals surface area contributed by atoms with E-state index in [1.165, 1.54) is 24.8 Å². The van der Waals surface area contributed by atoms with Crippen molar-refractivity contribution in [3.63, 3.8) is 0 Å². The van der Waals surface area contributed by atoms with Gasteiger partial charge < -0.3 is 5.32 Å². The summed E-state index contributed by atoms with van der Waals surface area (Å²) in [6, 6.07) is 4.86. The number of hydrogen-bond donors (Lipinski definition) is 1. The van der Waals surface area contributed by atoms with Crippen LogP contribution in [0.15, 0.2) is 22.9 Å². The highest BCUT2D eigenvalue weighted by Gasteiger charge is 2.34. The van der Waals surface area contributed by atoms with E-state index in [1.807, 2.05) is 6.20 Å². The van der Waals surface area contributed by atoms with E-state index in [9.17, 15) is 0 Å². The average Bonchev–Trinajstić information content (AvgIpc) is 2.36. The molecular formula is C14H22BrCl2N3. The zero-order valence-electron chi connectivity index (χ0n) is 11.4. The second kappa shape index (κ2) is 8.54. The molecule has 1 N–H and O–H groups in total. The van der Waals surface area contributed by atoms with Crippen LogP contribution in [0.5, 0.6) is 0 Å². The lowest BCUT2D eigenvalue weighted by Crippen LogP contribution is -2.48. The van der Waals surface area contributed by atoms with Crippen LogP contribution in [-0.4, -0.2) is 36.1 Å². The minimum Gasteiger partial charge on any atom is -0.314 e. The molecule has 1 atom stereocenters. The van der Waals surface area contributed by atoms with Gasteiger partial charge in [0.2, 0.25) is 0 Å². The average molecular weight is 383 g/mol. The van der Waals surface area contributed by atoms with Gasteiger partial charge in [-0.2, -0.15) is 0 Å². The molecule has 1 aliphatic heterocycles. The van der Waals surface area contributed by atoms with E-state index < -0.39 is 0 Å². The number of halogens is 3. The van der Waals surface area contributed by atoms with Crippen LogP contribution in [-0.2, 0) is 0 Å². The minimum absolute atomic E-state index is 0. The van der Waals surface area contributed by atoms with E-state index >= 15 is 0 Å². The topological polar surface area (TPSA) is 28.2 Å². The molecule has 3 nitrogen and oxygen atoms in total. The monoisotopic (exact) mass is 381 g/mol. The van der Waals surface area contributed by atoms with Gasteiger partial charge in [-0.25, -0.2) is 4.98 Å². The second-order valence-corrected chi connectivity index (χ2v) is 6.06. The van der Waals surface area contributed by atoms with Crippen molar-refractivity contribution >= 4 is 40.7 Å². The number of aromatic nitrogens is 1. The fourth-order valence-corrected chi connectivity index (χ4v) is 3.57. The van der Waals surface area contributed by atoms with E-state index in [2.05, 4.69) is 43.3 Å². The molecule has 1 aromatic heterocycles. The van der Waals surface area contributed by atoms with Crippen LogP contribution in [0, 0.1) is 5.92 Å². The molecule has 0 unspecified atom stereocenters. The van der Waals surface area contributed by atoms with Crippen LogP contribution < -0.4 is 5.32 Å². The first-order valence-electron chi connectivity index (χ1n) is 6.91. The summed E-state index contributed by atoms with van der Waals surface area (Å²) < 4.78 is 1.03. The van der Waals surface area contributed by atoms with Crippen molar-refractivity contribution in [2.75, 3.05) is 26.2 Å². The highest BCUT2D eigenvalue weighted by atomic mass is 79.9. The lowest BCUT2D eigenvalue weighted by molar-refractivity contribution is 0.0830. The van der Waals surface area contributed by atoms with Crippen molar-refractivity contribution in [2.24, 2.45) is 5.92 Å². The van der Waals surface area contributed by atoms with E-state index in [4.69, 9.17) is 0 Å². The second-order valence-electron chi connectivity index (χ2n) is 5.31. The predicted octanol–water partition coefficient (Wildman–Crippen LogP) is 3.43. The van der Waals surface area contributed by atoms with Gasteiger partial charge in [0.1, 0.15) is 4.60 Å². The Labute approximate surface area is 141 Å². The molecule has 2 aliphatic rings. The summed E-state index contributed by atoms with van der Waals surface area (Å²) in [5, 5.41) is 3.44. The van der Waals surface area contributed by atoms with E-state index in [0.29, 0.717) is 6.04 Å². The Morgan fingerprint density at radius 2 is 1.95 bits per heavy atom. The molecule has 1 aromatic rings. The summed E-state index contributed by atoms with van der Waals surface area (Å²) in [6.07, 6.45) is 6.00. The van der Waals surface area contributed by atoms with Gasteiger partial charge in [0.15, 0.2) is 0 Å². The first-order valence-corrected chi connectivity index (χ1v) is 7.71. The van der Waals surface area contributed by atoms with Crippen molar-refractivity contribution in [1.82, 2.24) is 15.2 Å². The summed E-state index contributed by atoms with van der Waals surface area (Å²) in [5.74, 6) is 0.823. The van der Waals surface area contributed by atoms with Crippen LogP contribution in [0.4, 0.5) is 0 Å². The van der Waals surface area contributed by atoms with Gasteiger partial charge in [0.05, 0.1) is 0 Å². The van der Waals surface area contributed by atoms with Gasteiger partial charge in [0.25, 0.3) is 0 Å². The van der Waals surface area contributed by atoms with E-state index in [1.54, 1.807) is 0 Å². The van der Waals surface area contributed by atoms with Gasteiger partial charge in [-0.05, 0) is 40.8 Å². The molecule has 0 radical (unpaired) electrons. The Bertz CT molecular complexity index is 409. The van der Waals surface area contributed by atoms with Crippen molar-refractivity contribution in [3.8, 4) is 0 Å². The molecule has 1 saturated carbocycles. The molecule has 6 heteroatoms. The molecule has 0 spiro atoms. The molecule has 0 aromatic carbocycles. The highest BCUT2D eigenvalue weighted by molar-refractivity contribution is 9.10. The van der Waals surface area contributed by atoms with Gasteiger partial charge in [0, 0.05) is 44.0 Å². The summed E-state index contributed by atoms with van der Waals surface area (Å²) in [6.45, 7) is 4.53. The molecule has 0 bridgehead atoms. The lowest BCUT2D eigenvalue weighted by Gasteiger charge is -2.43.